The maximum atomic E-state index is 11.5. The van der Waals surface area contributed by atoms with Crippen LogP contribution in [0.4, 0.5) is 4.79 Å². The number of likely N-dealkylation sites (tertiary alicyclic amines) is 1. The minimum atomic E-state index is -0.372. The molecule has 0 N–H and O–H groups in total. The Morgan fingerprint density at radius 2 is 2.08 bits per heavy atom. The predicted molar refractivity (Wildman–Crippen MR) is 51.6 cm³/mol. The van der Waals surface area contributed by atoms with Gasteiger partial charge in [-0.05, 0) is 33.1 Å². The van der Waals surface area contributed by atoms with Crippen LogP contribution in [0.5, 0.6) is 0 Å². The zero-order chi connectivity index (χ0) is 10.1. The lowest BCUT2D eigenvalue weighted by molar-refractivity contribution is 0.0289. The number of amides is 1. The molecule has 0 aromatic heterocycles. The second kappa shape index (κ2) is 3.56. The average Bonchev–Trinajstić information content (AvgIpc) is 2.31. The lowest BCUT2D eigenvalue weighted by Gasteiger charge is -2.24. The topological polar surface area (TPSA) is 29.5 Å². The first-order valence-corrected chi connectivity index (χ1v) is 4.86. The van der Waals surface area contributed by atoms with Gasteiger partial charge in [-0.3, -0.25) is 0 Å². The van der Waals surface area contributed by atoms with Crippen LogP contribution in [0.15, 0.2) is 0 Å². The zero-order valence-corrected chi connectivity index (χ0v) is 8.96. The van der Waals surface area contributed by atoms with Crippen molar-refractivity contribution in [1.82, 2.24) is 4.90 Å². The Kier molecular flexibility index (Phi) is 2.84. The van der Waals surface area contributed by atoms with Gasteiger partial charge in [0.05, 0.1) is 0 Å². The van der Waals surface area contributed by atoms with E-state index in [4.69, 9.17) is 4.74 Å². The third kappa shape index (κ3) is 3.25. The molecule has 13 heavy (non-hydrogen) atoms. The summed E-state index contributed by atoms with van der Waals surface area (Å²) in [6.07, 6.45) is 0.927. The molecule has 1 rings (SSSR count). The number of ether oxygens (including phenoxy) is 1. The van der Waals surface area contributed by atoms with E-state index in [1.807, 2.05) is 20.8 Å². The molecule has 0 bridgehead atoms. The van der Waals surface area contributed by atoms with Gasteiger partial charge in [0.2, 0.25) is 0 Å². The van der Waals surface area contributed by atoms with Gasteiger partial charge in [-0.15, -0.1) is 0 Å². The lowest BCUT2D eigenvalue weighted by atomic mass is 10.2. The molecule has 0 saturated carbocycles. The van der Waals surface area contributed by atoms with Crippen LogP contribution in [-0.2, 0) is 4.74 Å². The SMILES string of the molecule is C[C@H]1CCN(C(=O)OC(C)(C)C)C1. The molecule has 0 aromatic carbocycles. The molecule has 1 amide bonds. The normalized spacial score (nSPS) is 23.4. The van der Waals surface area contributed by atoms with E-state index in [9.17, 15) is 4.79 Å². The molecule has 0 unspecified atom stereocenters. The van der Waals surface area contributed by atoms with Crippen LogP contribution in [0.1, 0.15) is 34.1 Å². The van der Waals surface area contributed by atoms with Gasteiger partial charge in [-0.1, -0.05) is 6.92 Å². The van der Waals surface area contributed by atoms with Gasteiger partial charge in [-0.25, -0.2) is 4.79 Å². The lowest BCUT2D eigenvalue weighted by Crippen LogP contribution is -2.35. The molecule has 76 valence electrons. The highest BCUT2D eigenvalue weighted by molar-refractivity contribution is 5.68. The summed E-state index contributed by atoms with van der Waals surface area (Å²) in [5.41, 5.74) is -0.372. The molecule has 1 aliphatic heterocycles. The monoisotopic (exact) mass is 185 g/mol. The number of rotatable bonds is 0. The summed E-state index contributed by atoms with van der Waals surface area (Å²) in [6.45, 7) is 9.52. The Hall–Kier alpha value is -0.730. The molecule has 0 radical (unpaired) electrons. The van der Waals surface area contributed by atoms with Crippen molar-refractivity contribution >= 4 is 6.09 Å². The second-order valence-corrected chi connectivity index (χ2v) is 4.82. The van der Waals surface area contributed by atoms with E-state index < -0.39 is 0 Å². The van der Waals surface area contributed by atoms with Crippen molar-refractivity contribution < 1.29 is 9.53 Å². The summed E-state index contributed by atoms with van der Waals surface area (Å²) in [6, 6.07) is 0. The number of hydrogen-bond acceptors (Lipinski definition) is 2. The van der Waals surface area contributed by atoms with Gasteiger partial charge in [0.25, 0.3) is 0 Å². The Labute approximate surface area is 80.1 Å². The van der Waals surface area contributed by atoms with Gasteiger partial charge in [0, 0.05) is 13.1 Å². The highest BCUT2D eigenvalue weighted by Crippen LogP contribution is 2.18. The Balaban J connectivity index is 2.41. The molecule has 1 atom stereocenters. The molecule has 1 fully saturated rings. The van der Waals surface area contributed by atoms with Gasteiger partial charge >= 0.3 is 6.09 Å². The van der Waals surface area contributed by atoms with E-state index >= 15 is 0 Å². The zero-order valence-electron chi connectivity index (χ0n) is 8.96. The summed E-state index contributed by atoms with van der Waals surface area (Å²) < 4.78 is 5.26. The van der Waals surface area contributed by atoms with Gasteiger partial charge in [0.1, 0.15) is 5.60 Å². The standard InChI is InChI=1S/C10H19NO2/c1-8-5-6-11(7-8)9(12)13-10(2,3)4/h8H,5-7H2,1-4H3/t8-/m0/s1. The molecule has 3 heteroatoms. The van der Waals surface area contributed by atoms with Crippen molar-refractivity contribution in [2.75, 3.05) is 13.1 Å². The third-order valence-electron chi connectivity index (χ3n) is 2.08. The van der Waals surface area contributed by atoms with E-state index in [2.05, 4.69) is 6.92 Å². The molecular formula is C10H19NO2. The molecular weight excluding hydrogens is 166 g/mol. The summed E-state index contributed by atoms with van der Waals surface area (Å²) >= 11 is 0. The van der Waals surface area contributed by atoms with Crippen LogP contribution < -0.4 is 0 Å². The quantitative estimate of drug-likeness (QED) is 0.579. The van der Waals surface area contributed by atoms with Gasteiger partial charge in [-0.2, -0.15) is 0 Å². The molecule has 1 saturated heterocycles. The first kappa shape index (κ1) is 10.4. The van der Waals surface area contributed by atoms with E-state index in [1.165, 1.54) is 0 Å². The van der Waals surface area contributed by atoms with Crippen molar-refractivity contribution in [3.05, 3.63) is 0 Å². The van der Waals surface area contributed by atoms with Gasteiger partial charge in [0.15, 0.2) is 0 Å². The minimum Gasteiger partial charge on any atom is -0.444 e. The number of carbonyl (C=O) groups is 1. The van der Waals surface area contributed by atoms with Crippen LogP contribution in [0, 0.1) is 5.92 Å². The number of nitrogens with zero attached hydrogens (tertiary/aromatic N) is 1. The molecule has 3 nitrogen and oxygen atoms in total. The number of hydrogen-bond donors (Lipinski definition) is 0. The summed E-state index contributed by atoms with van der Waals surface area (Å²) in [5.74, 6) is 0.618. The highest BCUT2D eigenvalue weighted by atomic mass is 16.6. The second-order valence-electron chi connectivity index (χ2n) is 4.82. The van der Waals surface area contributed by atoms with Crippen LogP contribution >= 0.6 is 0 Å². The van der Waals surface area contributed by atoms with Crippen LogP contribution in [0.25, 0.3) is 0 Å². The van der Waals surface area contributed by atoms with Crippen molar-refractivity contribution in [1.29, 1.82) is 0 Å². The smallest absolute Gasteiger partial charge is 0.410 e. The fraction of sp³-hybridized carbons (Fsp3) is 0.900. The van der Waals surface area contributed by atoms with Crippen molar-refractivity contribution in [2.45, 2.75) is 39.7 Å². The Morgan fingerprint density at radius 3 is 2.46 bits per heavy atom. The first-order valence-electron chi connectivity index (χ1n) is 4.86. The van der Waals surface area contributed by atoms with E-state index in [0.29, 0.717) is 5.92 Å². The molecule has 0 aliphatic carbocycles. The summed E-state index contributed by atoms with van der Waals surface area (Å²) in [5, 5.41) is 0. The summed E-state index contributed by atoms with van der Waals surface area (Å²) in [4.78, 5) is 13.3. The molecule has 0 aromatic rings. The van der Waals surface area contributed by atoms with Crippen molar-refractivity contribution in [2.24, 2.45) is 5.92 Å². The van der Waals surface area contributed by atoms with E-state index in [-0.39, 0.29) is 11.7 Å². The molecule has 1 heterocycles. The molecule has 0 spiro atoms. The fourth-order valence-electron chi connectivity index (χ4n) is 1.43. The Bertz CT molecular complexity index is 196. The highest BCUT2D eigenvalue weighted by Gasteiger charge is 2.27. The van der Waals surface area contributed by atoms with E-state index in [0.717, 1.165) is 19.5 Å². The maximum absolute atomic E-state index is 11.5. The first-order chi connectivity index (χ1) is 5.88. The van der Waals surface area contributed by atoms with Crippen LogP contribution in [-0.4, -0.2) is 29.7 Å². The average molecular weight is 185 g/mol. The van der Waals surface area contributed by atoms with Crippen LogP contribution in [0.2, 0.25) is 0 Å². The predicted octanol–water partition coefficient (Wildman–Crippen LogP) is 2.26. The minimum absolute atomic E-state index is 0.170. The third-order valence-corrected chi connectivity index (χ3v) is 2.08. The maximum Gasteiger partial charge on any atom is 0.410 e. The van der Waals surface area contributed by atoms with Crippen LogP contribution in [0.3, 0.4) is 0 Å². The fourth-order valence-corrected chi connectivity index (χ4v) is 1.43. The van der Waals surface area contributed by atoms with Crippen molar-refractivity contribution in [3.8, 4) is 0 Å². The molecule has 1 aliphatic rings. The largest absolute Gasteiger partial charge is 0.444 e. The van der Waals surface area contributed by atoms with E-state index in [1.54, 1.807) is 4.90 Å². The van der Waals surface area contributed by atoms with Gasteiger partial charge < -0.3 is 9.64 Å². The van der Waals surface area contributed by atoms with Crippen molar-refractivity contribution in [3.63, 3.8) is 0 Å². The Morgan fingerprint density at radius 1 is 1.46 bits per heavy atom. The summed E-state index contributed by atoms with van der Waals surface area (Å²) in [7, 11) is 0. The number of carbonyl (C=O) groups excluding carboxylic acids is 1.